The molecule has 1 fully saturated rings. The van der Waals surface area contributed by atoms with Crippen molar-refractivity contribution in [2.24, 2.45) is 0 Å². The van der Waals surface area contributed by atoms with E-state index in [4.69, 9.17) is 4.84 Å². The fraction of sp³-hybridized carbons (Fsp3) is 0.333. The molecule has 3 rings (SSSR count). The Morgan fingerprint density at radius 3 is 2.90 bits per heavy atom. The van der Waals surface area contributed by atoms with Crippen LogP contribution in [0.2, 0.25) is 0 Å². The minimum Gasteiger partial charge on any atom is -0.389 e. The fourth-order valence-corrected chi connectivity index (χ4v) is 2.40. The first-order valence-corrected chi connectivity index (χ1v) is 6.55. The van der Waals surface area contributed by atoms with Gasteiger partial charge in [-0.2, -0.15) is 0 Å². The Bertz CT molecular complexity index is 684. The van der Waals surface area contributed by atoms with Crippen LogP contribution in [0, 0.1) is 13.8 Å². The molecule has 2 heterocycles. The molecule has 1 N–H and O–H groups in total. The van der Waals surface area contributed by atoms with Gasteiger partial charge in [0.25, 0.3) is 5.91 Å². The standard InChI is InChI=1S/C15H16N2O3/c1-9-3-4-14-12(5-9)13(6-10(2)16-14)15(19)17-7-11(18)8-20-17/h3-6,11,18H,7-8H2,1-2H3. The summed E-state index contributed by atoms with van der Waals surface area (Å²) >= 11 is 0. The number of hydrogen-bond donors (Lipinski definition) is 1. The van der Waals surface area contributed by atoms with Crippen molar-refractivity contribution in [3.8, 4) is 0 Å². The van der Waals surface area contributed by atoms with E-state index in [1.807, 2.05) is 32.0 Å². The monoisotopic (exact) mass is 272 g/mol. The van der Waals surface area contributed by atoms with Crippen molar-refractivity contribution in [3.05, 3.63) is 41.1 Å². The predicted molar refractivity (Wildman–Crippen MR) is 74.2 cm³/mol. The fourth-order valence-electron chi connectivity index (χ4n) is 2.40. The average molecular weight is 272 g/mol. The molecule has 1 unspecified atom stereocenters. The molecule has 1 aliphatic heterocycles. The van der Waals surface area contributed by atoms with E-state index in [-0.39, 0.29) is 19.1 Å². The van der Waals surface area contributed by atoms with E-state index in [9.17, 15) is 9.90 Å². The van der Waals surface area contributed by atoms with Gasteiger partial charge in [0.1, 0.15) is 12.7 Å². The maximum absolute atomic E-state index is 12.5. The van der Waals surface area contributed by atoms with Crippen molar-refractivity contribution in [2.45, 2.75) is 20.0 Å². The molecule has 1 aromatic carbocycles. The highest BCUT2D eigenvalue weighted by atomic mass is 16.7. The van der Waals surface area contributed by atoms with E-state index in [2.05, 4.69) is 4.98 Å². The number of pyridine rings is 1. The number of aryl methyl sites for hydroxylation is 2. The van der Waals surface area contributed by atoms with E-state index in [0.717, 1.165) is 22.2 Å². The molecule has 0 aliphatic carbocycles. The minimum absolute atomic E-state index is 0.159. The zero-order valence-corrected chi connectivity index (χ0v) is 11.5. The normalized spacial score (nSPS) is 18.8. The second-order valence-corrected chi connectivity index (χ2v) is 5.15. The number of amides is 1. The van der Waals surface area contributed by atoms with Gasteiger partial charge in [0.2, 0.25) is 0 Å². The molecule has 1 saturated heterocycles. The number of hydroxylamine groups is 2. The first kappa shape index (κ1) is 13.0. The molecule has 5 nitrogen and oxygen atoms in total. The molecular formula is C15H16N2O3. The van der Waals surface area contributed by atoms with Crippen molar-refractivity contribution >= 4 is 16.8 Å². The van der Waals surface area contributed by atoms with Crippen LogP contribution >= 0.6 is 0 Å². The second-order valence-electron chi connectivity index (χ2n) is 5.15. The topological polar surface area (TPSA) is 62.7 Å². The van der Waals surface area contributed by atoms with Gasteiger partial charge in [-0.3, -0.25) is 14.6 Å². The zero-order chi connectivity index (χ0) is 14.3. The van der Waals surface area contributed by atoms with Crippen LogP contribution in [0.25, 0.3) is 10.9 Å². The summed E-state index contributed by atoms with van der Waals surface area (Å²) in [5.41, 5.74) is 3.20. The number of carbonyl (C=O) groups is 1. The summed E-state index contributed by atoms with van der Waals surface area (Å²) in [6.45, 7) is 4.19. The van der Waals surface area contributed by atoms with E-state index < -0.39 is 6.10 Å². The zero-order valence-electron chi connectivity index (χ0n) is 11.5. The number of aliphatic hydroxyl groups excluding tert-OH is 1. The van der Waals surface area contributed by atoms with Crippen LogP contribution in [0.4, 0.5) is 0 Å². The van der Waals surface area contributed by atoms with Crippen molar-refractivity contribution in [3.63, 3.8) is 0 Å². The molecule has 2 aromatic rings. The smallest absolute Gasteiger partial charge is 0.278 e. The quantitative estimate of drug-likeness (QED) is 0.856. The van der Waals surface area contributed by atoms with Gasteiger partial charge in [-0.05, 0) is 32.0 Å². The SMILES string of the molecule is Cc1ccc2nc(C)cc(C(=O)N3CC(O)CO3)c2c1. The number of hydrogen-bond acceptors (Lipinski definition) is 4. The first-order valence-electron chi connectivity index (χ1n) is 6.55. The number of aromatic nitrogens is 1. The molecule has 0 spiro atoms. The van der Waals surface area contributed by atoms with Gasteiger partial charge in [-0.25, -0.2) is 5.06 Å². The lowest BCUT2D eigenvalue weighted by atomic mass is 10.0. The lowest BCUT2D eigenvalue weighted by Crippen LogP contribution is -2.28. The molecule has 1 atom stereocenters. The lowest BCUT2D eigenvalue weighted by Gasteiger charge is -2.15. The van der Waals surface area contributed by atoms with E-state index in [0.29, 0.717) is 5.56 Å². The number of rotatable bonds is 1. The van der Waals surface area contributed by atoms with Crippen LogP contribution in [0.3, 0.4) is 0 Å². The third kappa shape index (κ3) is 2.26. The van der Waals surface area contributed by atoms with Crippen molar-refractivity contribution in [1.82, 2.24) is 10.0 Å². The summed E-state index contributed by atoms with van der Waals surface area (Å²) in [5, 5.41) is 11.5. The number of fused-ring (bicyclic) bond motifs is 1. The first-order chi connectivity index (χ1) is 9.54. The summed E-state index contributed by atoms with van der Waals surface area (Å²) in [7, 11) is 0. The molecule has 1 aliphatic rings. The molecule has 0 bridgehead atoms. The van der Waals surface area contributed by atoms with Gasteiger partial charge in [0.05, 0.1) is 17.6 Å². The summed E-state index contributed by atoms with van der Waals surface area (Å²) < 4.78 is 0. The van der Waals surface area contributed by atoms with Crippen LogP contribution in [0.5, 0.6) is 0 Å². The van der Waals surface area contributed by atoms with Crippen LogP contribution in [0.1, 0.15) is 21.6 Å². The third-order valence-electron chi connectivity index (χ3n) is 3.35. The Hall–Kier alpha value is -1.98. The molecule has 1 aromatic heterocycles. The molecular weight excluding hydrogens is 256 g/mol. The highest BCUT2D eigenvalue weighted by Gasteiger charge is 2.28. The highest BCUT2D eigenvalue weighted by Crippen LogP contribution is 2.22. The minimum atomic E-state index is -0.616. The van der Waals surface area contributed by atoms with Crippen molar-refractivity contribution < 1.29 is 14.7 Å². The Labute approximate surface area is 116 Å². The van der Waals surface area contributed by atoms with Crippen LogP contribution in [-0.4, -0.2) is 40.3 Å². The van der Waals surface area contributed by atoms with Gasteiger partial charge in [0.15, 0.2) is 0 Å². The predicted octanol–water partition coefficient (Wildman–Crippen LogP) is 1.60. The van der Waals surface area contributed by atoms with Gasteiger partial charge in [-0.15, -0.1) is 0 Å². The van der Waals surface area contributed by atoms with Gasteiger partial charge < -0.3 is 5.11 Å². The molecule has 0 saturated carbocycles. The average Bonchev–Trinajstić information content (AvgIpc) is 2.84. The molecule has 104 valence electrons. The van der Waals surface area contributed by atoms with Crippen LogP contribution in [0.15, 0.2) is 24.3 Å². The molecule has 1 amide bonds. The van der Waals surface area contributed by atoms with E-state index in [1.54, 1.807) is 6.07 Å². The Morgan fingerprint density at radius 2 is 2.20 bits per heavy atom. The number of aliphatic hydroxyl groups is 1. The number of nitrogens with zero attached hydrogens (tertiary/aromatic N) is 2. The van der Waals surface area contributed by atoms with Crippen LogP contribution in [-0.2, 0) is 4.84 Å². The molecule has 20 heavy (non-hydrogen) atoms. The summed E-state index contributed by atoms with van der Waals surface area (Å²) in [6.07, 6.45) is -0.616. The highest BCUT2D eigenvalue weighted by molar-refractivity contribution is 6.06. The van der Waals surface area contributed by atoms with E-state index in [1.165, 1.54) is 5.06 Å². The number of β-amino-alcohol motifs (C(OH)–C–C–N with tert-alkyl or cyclic N) is 1. The van der Waals surface area contributed by atoms with E-state index >= 15 is 0 Å². The molecule has 0 radical (unpaired) electrons. The number of benzene rings is 1. The summed E-state index contributed by atoms with van der Waals surface area (Å²) in [4.78, 5) is 22.2. The molecule has 5 heteroatoms. The number of carbonyl (C=O) groups excluding carboxylic acids is 1. The summed E-state index contributed by atoms with van der Waals surface area (Å²) in [6, 6.07) is 7.59. The van der Waals surface area contributed by atoms with Gasteiger partial charge >= 0.3 is 0 Å². The Kier molecular flexibility index (Phi) is 3.16. The Balaban J connectivity index is 2.10. The van der Waals surface area contributed by atoms with Crippen molar-refractivity contribution in [1.29, 1.82) is 0 Å². The lowest BCUT2D eigenvalue weighted by molar-refractivity contribution is -0.0778. The maximum atomic E-state index is 12.5. The largest absolute Gasteiger partial charge is 0.389 e. The summed E-state index contributed by atoms with van der Waals surface area (Å²) in [5.74, 6) is -0.234. The third-order valence-corrected chi connectivity index (χ3v) is 3.35. The van der Waals surface area contributed by atoms with Gasteiger partial charge in [-0.1, -0.05) is 11.6 Å². The van der Waals surface area contributed by atoms with Gasteiger partial charge in [0, 0.05) is 11.1 Å². The van der Waals surface area contributed by atoms with Crippen molar-refractivity contribution in [2.75, 3.05) is 13.2 Å². The Morgan fingerprint density at radius 1 is 1.40 bits per heavy atom. The maximum Gasteiger partial charge on any atom is 0.278 e. The van der Waals surface area contributed by atoms with Crippen LogP contribution < -0.4 is 0 Å². The second kappa shape index (κ2) is 4.85.